The van der Waals surface area contributed by atoms with Crippen molar-refractivity contribution in [3.05, 3.63) is 72.9 Å². The molecule has 0 heterocycles. The molecule has 0 aromatic rings. The first-order valence-corrected chi connectivity index (χ1v) is 31.9. The van der Waals surface area contributed by atoms with Gasteiger partial charge in [0.05, 0.1) is 0 Å². The van der Waals surface area contributed by atoms with Gasteiger partial charge in [0, 0.05) is 19.3 Å². The molecule has 0 bridgehead atoms. The van der Waals surface area contributed by atoms with E-state index in [1.165, 1.54) is 173 Å². The van der Waals surface area contributed by atoms with Crippen LogP contribution in [0, 0.1) is 0 Å². The third-order valence-electron chi connectivity index (χ3n) is 13.9. The number of rotatable bonds is 58. The highest BCUT2D eigenvalue weighted by molar-refractivity contribution is 5.71. The monoisotopic (exact) mass is 1030 g/mol. The summed E-state index contributed by atoms with van der Waals surface area (Å²) in [4.78, 5) is 38.3. The topological polar surface area (TPSA) is 78.9 Å². The molecule has 0 rings (SSSR count). The quantitative estimate of drug-likeness (QED) is 0.0261. The summed E-state index contributed by atoms with van der Waals surface area (Å²) in [6, 6.07) is 0. The van der Waals surface area contributed by atoms with Crippen molar-refractivity contribution >= 4 is 17.9 Å². The minimum atomic E-state index is -0.782. The van der Waals surface area contributed by atoms with Gasteiger partial charge in [-0.2, -0.15) is 0 Å². The van der Waals surface area contributed by atoms with E-state index in [1.54, 1.807) is 0 Å². The van der Waals surface area contributed by atoms with Gasteiger partial charge in [0.15, 0.2) is 6.10 Å². The van der Waals surface area contributed by atoms with Crippen molar-refractivity contribution in [3.63, 3.8) is 0 Å². The molecule has 6 nitrogen and oxygen atoms in total. The Balaban J connectivity index is 4.31. The van der Waals surface area contributed by atoms with E-state index in [9.17, 15) is 14.4 Å². The molecule has 0 radical (unpaired) electrons. The molecule has 0 aliphatic carbocycles. The Bertz CT molecular complexity index is 1370. The Morgan fingerprint density at radius 2 is 0.527 bits per heavy atom. The Hall–Kier alpha value is -3.15. The molecule has 0 N–H and O–H groups in total. The maximum atomic E-state index is 12.9. The second-order valence-corrected chi connectivity index (χ2v) is 21.3. The third-order valence-corrected chi connectivity index (χ3v) is 13.9. The smallest absolute Gasteiger partial charge is 0.306 e. The van der Waals surface area contributed by atoms with Crippen LogP contribution in [0.4, 0.5) is 0 Å². The van der Waals surface area contributed by atoms with Gasteiger partial charge in [-0.05, 0) is 89.9 Å². The standard InChI is InChI=1S/C68H120O6/c1-4-7-10-13-16-19-22-25-28-30-31-32-33-34-35-36-37-38-41-43-46-49-52-55-58-61-67(70)73-64-65(63-72-66(69)60-57-54-51-48-45-42-39-27-24-21-18-15-12-9-6-3)74-68(71)62-59-56-53-50-47-44-40-29-26-23-20-17-14-11-8-5-2/h7,10,16,19-20,23,25,28-29,31-32,40,65H,4-6,8-9,11-15,17-18,21-22,24,26-27,30,33-39,41-64H2,1-3H3/b10-7-,19-16-,23-20-,28-25-,32-31-,40-29-. The van der Waals surface area contributed by atoms with Gasteiger partial charge in [-0.1, -0.05) is 286 Å². The number of carbonyl (C=O) groups excluding carboxylic acids is 3. The highest BCUT2D eigenvalue weighted by Gasteiger charge is 2.19. The molecule has 0 amide bonds. The molecule has 0 saturated carbocycles. The lowest BCUT2D eigenvalue weighted by atomic mass is 10.0. The van der Waals surface area contributed by atoms with Gasteiger partial charge in [-0.15, -0.1) is 0 Å². The molecule has 0 aromatic carbocycles. The second kappa shape index (κ2) is 62.4. The average molecular weight is 1030 g/mol. The fourth-order valence-corrected chi connectivity index (χ4v) is 9.17. The SMILES string of the molecule is CC/C=C\C/C=C\C/C=C\C/C=C\CCCCCCCCCCCCCCC(=O)OCC(COC(=O)CCCCCCCCCCCCCCCCC)OC(=O)CCCCCCC/C=C\C/C=C\CCCCCC. The summed E-state index contributed by atoms with van der Waals surface area (Å²) in [6.45, 7) is 6.54. The van der Waals surface area contributed by atoms with Crippen LogP contribution in [0.2, 0.25) is 0 Å². The van der Waals surface area contributed by atoms with Crippen LogP contribution in [-0.4, -0.2) is 37.2 Å². The Kier molecular flexibility index (Phi) is 59.7. The van der Waals surface area contributed by atoms with Crippen molar-refractivity contribution in [3.8, 4) is 0 Å². The molecule has 1 atom stereocenters. The molecule has 0 aliphatic rings. The summed E-state index contributed by atoms with van der Waals surface area (Å²) in [5, 5.41) is 0. The van der Waals surface area contributed by atoms with Gasteiger partial charge in [-0.3, -0.25) is 14.4 Å². The van der Waals surface area contributed by atoms with Gasteiger partial charge < -0.3 is 14.2 Å². The van der Waals surface area contributed by atoms with E-state index >= 15 is 0 Å². The summed E-state index contributed by atoms with van der Waals surface area (Å²) >= 11 is 0. The van der Waals surface area contributed by atoms with Crippen LogP contribution in [0.1, 0.15) is 323 Å². The Morgan fingerprint density at radius 3 is 0.838 bits per heavy atom. The van der Waals surface area contributed by atoms with Crippen LogP contribution in [0.15, 0.2) is 72.9 Å². The van der Waals surface area contributed by atoms with Crippen molar-refractivity contribution in [2.75, 3.05) is 13.2 Å². The van der Waals surface area contributed by atoms with Gasteiger partial charge in [0.25, 0.3) is 0 Å². The summed E-state index contributed by atoms with van der Waals surface area (Å²) in [5.74, 6) is -0.877. The predicted molar refractivity (Wildman–Crippen MR) is 321 cm³/mol. The molecule has 0 spiro atoms. The van der Waals surface area contributed by atoms with E-state index in [0.717, 1.165) is 109 Å². The fraction of sp³-hybridized carbons (Fsp3) is 0.779. The number of ether oxygens (including phenoxy) is 3. The van der Waals surface area contributed by atoms with Crippen LogP contribution in [0.3, 0.4) is 0 Å². The van der Waals surface area contributed by atoms with E-state index in [0.29, 0.717) is 19.3 Å². The summed E-state index contributed by atoms with van der Waals surface area (Å²) < 4.78 is 16.9. The van der Waals surface area contributed by atoms with Crippen LogP contribution in [0.25, 0.3) is 0 Å². The molecule has 1 unspecified atom stereocenters. The van der Waals surface area contributed by atoms with Crippen molar-refractivity contribution in [2.24, 2.45) is 0 Å². The third kappa shape index (κ3) is 59.7. The molecular formula is C68H120O6. The first-order valence-electron chi connectivity index (χ1n) is 31.9. The first kappa shape index (κ1) is 70.8. The summed E-state index contributed by atoms with van der Waals surface area (Å²) in [5.41, 5.74) is 0. The first-order chi connectivity index (χ1) is 36.5. The lowest BCUT2D eigenvalue weighted by molar-refractivity contribution is -0.167. The molecule has 74 heavy (non-hydrogen) atoms. The van der Waals surface area contributed by atoms with E-state index in [2.05, 4.69) is 93.7 Å². The number of unbranched alkanes of at least 4 members (excludes halogenated alkanes) is 35. The minimum Gasteiger partial charge on any atom is -0.462 e. The lowest BCUT2D eigenvalue weighted by Gasteiger charge is -2.18. The van der Waals surface area contributed by atoms with Crippen LogP contribution >= 0.6 is 0 Å². The van der Waals surface area contributed by atoms with Gasteiger partial charge >= 0.3 is 17.9 Å². The van der Waals surface area contributed by atoms with Crippen LogP contribution in [-0.2, 0) is 28.6 Å². The molecule has 0 aromatic heterocycles. The number of hydrogen-bond acceptors (Lipinski definition) is 6. The molecular weight excluding hydrogens is 913 g/mol. The number of esters is 3. The molecule has 428 valence electrons. The Morgan fingerprint density at radius 1 is 0.284 bits per heavy atom. The minimum absolute atomic E-state index is 0.0778. The summed E-state index contributed by atoms with van der Waals surface area (Å²) in [7, 11) is 0. The Labute approximate surface area is 459 Å². The van der Waals surface area contributed by atoms with E-state index in [1.807, 2.05) is 0 Å². The second-order valence-electron chi connectivity index (χ2n) is 21.3. The van der Waals surface area contributed by atoms with E-state index < -0.39 is 6.10 Å². The highest BCUT2D eigenvalue weighted by Crippen LogP contribution is 2.17. The predicted octanol–water partition coefficient (Wildman–Crippen LogP) is 21.7. The molecule has 0 aliphatic heterocycles. The fourth-order valence-electron chi connectivity index (χ4n) is 9.17. The summed E-state index contributed by atoms with van der Waals surface area (Å²) in [6.07, 6.45) is 80.4. The van der Waals surface area contributed by atoms with Crippen LogP contribution < -0.4 is 0 Å². The van der Waals surface area contributed by atoms with Gasteiger partial charge in [0.2, 0.25) is 0 Å². The lowest BCUT2D eigenvalue weighted by Crippen LogP contribution is -2.30. The van der Waals surface area contributed by atoms with Crippen LogP contribution in [0.5, 0.6) is 0 Å². The molecule has 0 fully saturated rings. The van der Waals surface area contributed by atoms with E-state index in [-0.39, 0.29) is 31.1 Å². The normalized spacial score (nSPS) is 12.5. The maximum Gasteiger partial charge on any atom is 0.306 e. The van der Waals surface area contributed by atoms with Crippen molar-refractivity contribution < 1.29 is 28.6 Å². The van der Waals surface area contributed by atoms with E-state index in [4.69, 9.17) is 14.2 Å². The van der Waals surface area contributed by atoms with Crippen molar-refractivity contribution in [1.82, 2.24) is 0 Å². The van der Waals surface area contributed by atoms with Gasteiger partial charge in [-0.25, -0.2) is 0 Å². The maximum absolute atomic E-state index is 12.9. The number of allylic oxidation sites excluding steroid dienone is 12. The van der Waals surface area contributed by atoms with Gasteiger partial charge in [0.1, 0.15) is 13.2 Å². The molecule has 6 heteroatoms. The average Bonchev–Trinajstić information content (AvgIpc) is 3.40. The zero-order chi connectivity index (χ0) is 53.6. The largest absolute Gasteiger partial charge is 0.462 e. The zero-order valence-electron chi connectivity index (χ0n) is 49.1. The number of carbonyl (C=O) groups is 3. The number of hydrogen-bond donors (Lipinski definition) is 0. The highest BCUT2D eigenvalue weighted by atomic mass is 16.6. The zero-order valence-corrected chi connectivity index (χ0v) is 49.1. The van der Waals surface area contributed by atoms with Crippen molar-refractivity contribution in [1.29, 1.82) is 0 Å². The van der Waals surface area contributed by atoms with Crippen molar-refractivity contribution in [2.45, 2.75) is 329 Å². The molecule has 0 saturated heterocycles.